The maximum Gasteiger partial charge on any atom is 0.0665 e. The minimum absolute atomic E-state index is 0.0849. The number of hydrogen-bond donors (Lipinski definition) is 1. The highest BCUT2D eigenvalue weighted by atomic mass is 16.5. The Balaban J connectivity index is 1.32. The Bertz CT molecular complexity index is 530. The van der Waals surface area contributed by atoms with E-state index >= 15 is 0 Å². The van der Waals surface area contributed by atoms with Gasteiger partial charge in [0.2, 0.25) is 0 Å². The molecule has 4 saturated heterocycles. The van der Waals surface area contributed by atoms with Gasteiger partial charge in [-0.25, -0.2) is 0 Å². The number of fused-ring (bicyclic) bond motifs is 6. The number of hydrogen-bond acceptors (Lipinski definition) is 5. The molecule has 2 bridgehead atoms. The van der Waals surface area contributed by atoms with Gasteiger partial charge in [-0.3, -0.25) is 4.90 Å². The minimum atomic E-state index is 0.0849. The lowest BCUT2D eigenvalue weighted by molar-refractivity contribution is -0.0824. The number of rotatable bonds is 0. The molecule has 0 aromatic rings. The molecule has 1 N–H and O–H groups in total. The van der Waals surface area contributed by atoms with Gasteiger partial charge in [0, 0.05) is 19.6 Å². The predicted molar refractivity (Wildman–Crippen MR) is 114 cm³/mol. The SMILES string of the molecule is CC1COC2CCCCC2C2CCC(CC2)OC[C@@H]2N(CC[C@@]23COCCN3)C1. The van der Waals surface area contributed by atoms with Crippen molar-refractivity contribution in [1.29, 1.82) is 0 Å². The predicted octanol–water partition coefficient (Wildman–Crippen LogP) is 3.22. The zero-order chi connectivity index (χ0) is 19.7. The summed E-state index contributed by atoms with van der Waals surface area (Å²) < 4.78 is 19.2. The Labute approximate surface area is 177 Å². The molecule has 0 amide bonds. The lowest BCUT2D eigenvalue weighted by atomic mass is 9.71. The Morgan fingerprint density at radius 2 is 1.83 bits per heavy atom. The summed E-state index contributed by atoms with van der Waals surface area (Å²) in [7, 11) is 0. The third-order valence-electron chi connectivity index (χ3n) is 8.72. The molecule has 4 heterocycles. The second-order valence-electron chi connectivity index (χ2n) is 10.7. The number of nitrogens with one attached hydrogen (secondary N) is 1. The molecule has 1 spiro atoms. The molecule has 0 aromatic heterocycles. The fourth-order valence-corrected chi connectivity index (χ4v) is 7.07. The summed E-state index contributed by atoms with van der Waals surface area (Å²) in [6.45, 7) is 9.05. The monoisotopic (exact) mass is 406 g/mol. The van der Waals surface area contributed by atoms with Crippen molar-refractivity contribution in [2.24, 2.45) is 17.8 Å². The van der Waals surface area contributed by atoms with E-state index in [0.29, 0.717) is 24.2 Å². The molecule has 0 aromatic carbocycles. The van der Waals surface area contributed by atoms with Gasteiger partial charge >= 0.3 is 0 Å². The van der Waals surface area contributed by atoms with Gasteiger partial charge < -0.3 is 19.5 Å². The maximum absolute atomic E-state index is 6.64. The van der Waals surface area contributed by atoms with Crippen molar-refractivity contribution in [3.05, 3.63) is 0 Å². The molecule has 5 heteroatoms. The Morgan fingerprint density at radius 3 is 2.66 bits per heavy atom. The quantitative estimate of drug-likeness (QED) is 0.669. The van der Waals surface area contributed by atoms with Gasteiger partial charge in [-0.2, -0.15) is 0 Å². The highest BCUT2D eigenvalue weighted by Gasteiger charge is 2.49. The van der Waals surface area contributed by atoms with E-state index in [4.69, 9.17) is 14.2 Å². The van der Waals surface area contributed by atoms with E-state index < -0.39 is 0 Å². The third-order valence-corrected chi connectivity index (χ3v) is 8.72. The topological polar surface area (TPSA) is 43.0 Å². The molecule has 3 unspecified atom stereocenters. The van der Waals surface area contributed by atoms with Crippen LogP contribution < -0.4 is 5.32 Å². The van der Waals surface area contributed by atoms with Crippen molar-refractivity contribution >= 4 is 0 Å². The van der Waals surface area contributed by atoms with E-state index in [0.717, 1.165) is 57.9 Å². The molecular formula is C24H42N2O3. The Kier molecular flexibility index (Phi) is 6.50. The summed E-state index contributed by atoms with van der Waals surface area (Å²) in [5.41, 5.74) is 0.0849. The van der Waals surface area contributed by atoms with Gasteiger partial charge in [0.1, 0.15) is 0 Å². The Morgan fingerprint density at radius 1 is 0.966 bits per heavy atom. The van der Waals surface area contributed by atoms with E-state index in [2.05, 4.69) is 17.1 Å². The largest absolute Gasteiger partial charge is 0.378 e. The van der Waals surface area contributed by atoms with Crippen molar-refractivity contribution in [3.63, 3.8) is 0 Å². The van der Waals surface area contributed by atoms with Gasteiger partial charge in [0.25, 0.3) is 0 Å². The van der Waals surface area contributed by atoms with Crippen LogP contribution in [0.2, 0.25) is 0 Å². The highest BCUT2D eigenvalue weighted by molar-refractivity contribution is 5.07. The molecule has 2 saturated carbocycles. The molecule has 5 atom stereocenters. The summed E-state index contributed by atoms with van der Waals surface area (Å²) in [4.78, 5) is 2.69. The van der Waals surface area contributed by atoms with E-state index in [-0.39, 0.29) is 5.54 Å². The number of morpholine rings is 1. The molecule has 166 valence electrons. The lowest BCUT2D eigenvalue weighted by Crippen LogP contribution is -2.63. The molecule has 2 aliphatic carbocycles. The summed E-state index contributed by atoms with van der Waals surface area (Å²) >= 11 is 0. The van der Waals surface area contributed by atoms with Gasteiger partial charge in [-0.15, -0.1) is 0 Å². The van der Waals surface area contributed by atoms with Crippen LogP contribution in [-0.4, -0.2) is 74.8 Å². The molecule has 4 aliphatic heterocycles. The first kappa shape index (κ1) is 20.7. The van der Waals surface area contributed by atoms with Crippen LogP contribution in [0, 0.1) is 17.8 Å². The third kappa shape index (κ3) is 4.41. The first-order valence-electron chi connectivity index (χ1n) is 12.5. The van der Waals surface area contributed by atoms with Crippen LogP contribution in [0.5, 0.6) is 0 Å². The molecule has 0 radical (unpaired) electrons. The van der Waals surface area contributed by atoms with Gasteiger partial charge in [-0.05, 0) is 62.7 Å². The van der Waals surface area contributed by atoms with Gasteiger partial charge in [-0.1, -0.05) is 19.8 Å². The first-order chi connectivity index (χ1) is 14.2. The first-order valence-corrected chi connectivity index (χ1v) is 12.5. The number of nitrogens with zero attached hydrogens (tertiary/aromatic N) is 1. The van der Waals surface area contributed by atoms with E-state index in [1.165, 1.54) is 57.8 Å². The van der Waals surface area contributed by atoms with Crippen LogP contribution in [0.3, 0.4) is 0 Å². The highest BCUT2D eigenvalue weighted by Crippen LogP contribution is 2.41. The summed E-state index contributed by atoms with van der Waals surface area (Å²) in [6.07, 6.45) is 12.7. The van der Waals surface area contributed by atoms with Crippen LogP contribution in [0.25, 0.3) is 0 Å². The van der Waals surface area contributed by atoms with Crippen molar-refractivity contribution in [3.8, 4) is 0 Å². The van der Waals surface area contributed by atoms with E-state index in [1.54, 1.807) is 0 Å². The average molecular weight is 407 g/mol. The van der Waals surface area contributed by atoms with Crippen molar-refractivity contribution in [2.45, 2.75) is 88.5 Å². The number of ether oxygens (including phenoxy) is 3. The molecule has 5 nitrogen and oxygen atoms in total. The zero-order valence-corrected chi connectivity index (χ0v) is 18.4. The molecule has 6 rings (SSSR count). The Hall–Kier alpha value is -0.200. The molecule has 6 aliphatic rings. The van der Waals surface area contributed by atoms with Gasteiger partial charge in [0.15, 0.2) is 0 Å². The van der Waals surface area contributed by atoms with Crippen LogP contribution >= 0.6 is 0 Å². The molecular weight excluding hydrogens is 364 g/mol. The summed E-state index contributed by atoms with van der Waals surface area (Å²) in [5, 5.41) is 3.85. The molecule has 6 fully saturated rings. The van der Waals surface area contributed by atoms with Crippen LogP contribution in [0.4, 0.5) is 0 Å². The normalized spacial score (nSPS) is 47.5. The van der Waals surface area contributed by atoms with E-state index in [9.17, 15) is 0 Å². The summed E-state index contributed by atoms with van der Waals surface area (Å²) in [6, 6.07) is 0.424. The molecule has 29 heavy (non-hydrogen) atoms. The standard InChI is InChI=1S/C24H42N2O3/c1-18-14-26-12-10-24(17-27-13-11-25-24)23(26)16-28-20-8-6-19(7-9-20)21-4-2-3-5-22(21)29-15-18/h18-23,25H,2-17H2,1H3/t18?,19?,20?,21?,22?,23-,24+/m0/s1. The van der Waals surface area contributed by atoms with Crippen LogP contribution in [-0.2, 0) is 14.2 Å². The fraction of sp³-hybridized carbons (Fsp3) is 1.00. The fourth-order valence-electron chi connectivity index (χ4n) is 7.07. The van der Waals surface area contributed by atoms with Crippen LogP contribution in [0.15, 0.2) is 0 Å². The second kappa shape index (κ2) is 9.12. The minimum Gasteiger partial charge on any atom is -0.378 e. The van der Waals surface area contributed by atoms with Gasteiger partial charge in [0.05, 0.1) is 50.2 Å². The zero-order valence-electron chi connectivity index (χ0n) is 18.4. The average Bonchev–Trinajstić information content (AvgIpc) is 3.07. The van der Waals surface area contributed by atoms with Crippen molar-refractivity contribution in [1.82, 2.24) is 10.2 Å². The lowest BCUT2D eigenvalue weighted by Gasteiger charge is -2.44. The van der Waals surface area contributed by atoms with Crippen LogP contribution in [0.1, 0.15) is 64.7 Å². The summed E-state index contributed by atoms with van der Waals surface area (Å²) in [5.74, 6) is 2.23. The smallest absolute Gasteiger partial charge is 0.0665 e. The second-order valence-corrected chi connectivity index (χ2v) is 10.7. The van der Waals surface area contributed by atoms with E-state index in [1.807, 2.05) is 0 Å². The van der Waals surface area contributed by atoms with Crippen molar-refractivity contribution in [2.75, 3.05) is 46.1 Å². The maximum atomic E-state index is 6.64. The van der Waals surface area contributed by atoms with Crippen molar-refractivity contribution < 1.29 is 14.2 Å².